The van der Waals surface area contributed by atoms with Crippen molar-refractivity contribution in [3.05, 3.63) is 22.9 Å². The Kier molecular flexibility index (Phi) is 1.30. The van der Waals surface area contributed by atoms with Crippen LogP contribution in [0.5, 0.6) is 0 Å². The predicted octanol–water partition coefficient (Wildman–Crippen LogP) is -0.424. The fraction of sp³-hybridized carbons (Fsp3) is 0.250. The van der Waals surface area contributed by atoms with Crippen molar-refractivity contribution in [2.75, 3.05) is 7.05 Å². The van der Waals surface area contributed by atoms with E-state index in [0.717, 1.165) is 5.82 Å². The van der Waals surface area contributed by atoms with E-state index < -0.39 is 0 Å². The van der Waals surface area contributed by atoms with Crippen molar-refractivity contribution < 1.29 is 0 Å². The Hall–Kier alpha value is -1.47. The first-order valence-electron chi connectivity index (χ1n) is 3.05. The third kappa shape index (κ3) is 0.954. The first-order chi connectivity index (χ1) is 5.38. The van der Waals surface area contributed by atoms with Crippen LogP contribution in [0, 0.1) is 0 Å². The smallest absolute Gasteiger partial charge is 0.113 e. The molecule has 0 aromatic carbocycles. The fourth-order valence-electron chi connectivity index (χ4n) is 0.802. The Balaban J connectivity index is 2.08. The van der Waals surface area contributed by atoms with Crippen LogP contribution in [-0.4, -0.2) is 23.5 Å². The van der Waals surface area contributed by atoms with Gasteiger partial charge in [0.1, 0.15) is 5.82 Å². The summed E-state index contributed by atoms with van der Waals surface area (Å²) in [7, 11) is 1.83. The van der Waals surface area contributed by atoms with Crippen LogP contribution in [-0.2, 0) is 0 Å². The maximum atomic E-state index is 3.89. The van der Waals surface area contributed by atoms with E-state index in [9.17, 15) is 0 Å². The molecule has 2 heterocycles. The number of rotatable bonds is 1. The van der Waals surface area contributed by atoms with Crippen molar-refractivity contribution in [3.8, 4) is 0 Å². The summed E-state index contributed by atoms with van der Waals surface area (Å²) in [6, 6.07) is 0. The summed E-state index contributed by atoms with van der Waals surface area (Å²) in [6.45, 7) is 0. The van der Waals surface area contributed by atoms with Gasteiger partial charge in [-0.05, 0) is 0 Å². The molecule has 0 saturated heterocycles. The van der Waals surface area contributed by atoms with E-state index in [1.807, 2.05) is 7.05 Å². The highest BCUT2D eigenvalue weighted by atomic mass is 15.9. The second-order valence-corrected chi connectivity index (χ2v) is 2.05. The van der Waals surface area contributed by atoms with Gasteiger partial charge in [0.2, 0.25) is 0 Å². The van der Waals surface area contributed by atoms with E-state index in [0.29, 0.717) is 0 Å². The molecule has 7 nitrogen and oxygen atoms in total. The Morgan fingerprint density at radius 3 is 2.91 bits per heavy atom. The number of hydrazine groups is 2. The second-order valence-electron chi connectivity index (χ2n) is 2.05. The molecule has 2 aliphatic rings. The Labute approximate surface area is 63.6 Å². The van der Waals surface area contributed by atoms with Gasteiger partial charge in [-0.1, -0.05) is 6.34 Å². The SMILES string of the molecule is CN1N[N-]C=C1N1N=C[N-]N1. The molecule has 0 unspecified atom stereocenters. The molecule has 2 N–H and O–H groups in total. The predicted molar refractivity (Wildman–Crippen MR) is 39.2 cm³/mol. The van der Waals surface area contributed by atoms with E-state index in [-0.39, 0.29) is 0 Å². The summed E-state index contributed by atoms with van der Waals surface area (Å²) in [5.74, 6) is 0.794. The van der Waals surface area contributed by atoms with Crippen LogP contribution in [0.25, 0.3) is 10.9 Å². The summed E-state index contributed by atoms with van der Waals surface area (Å²) in [5.41, 5.74) is 12.9. The summed E-state index contributed by atoms with van der Waals surface area (Å²) in [4.78, 5) is 0. The van der Waals surface area contributed by atoms with Gasteiger partial charge in [0.05, 0.1) is 0 Å². The topological polar surface area (TPSA) is 71.1 Å². The van der Waals surface area contributed by atoms with Gasteiger partial charge < -0.3 is 26.5 Å². The van der Waals surface area contributed by atoms with Crippen LogP contribution in [0.3, 0.4) is 0 Å². The first-order valence-corrected chi connectivity index (χ1v) is 3.05. The van der Waals surface area contributed by atoms with Gasteiger partial charge in [0.25, 0.3) is 0 Å². The number of nitrogens with zero attached hydrogens (tertiary/aromatic N) is 5. The highest BCUT2D eigenvalue weighted by Crippen LogP contribution is 2.14. The van der Waals surface area contributed by atoms with Crippen molar-refractivity contribution in [2.24, 2.45) is 5.10 Å². The second kappa shape index (κ2) is 2.29. The molecule has 0 aromatic heterocycles. The van der Waals surface area contributed by atoms with Crippen LogP contribution in [0.15, 0.2) is 17.1 Å². The van der Waals surface area contributed by atoms with Crippen LogP contribution >= 0.6 is 0 Å². The van der Waals surface area contributed by atoms with Crippen molar-refractivity contribution in [2.45, 2.75) is 0 Å². The summed E-state index contributed by atoms with van der Waals surface area (Å²) < 4.78 is 0. The fourth-order valence-corrected chi connectivity index (χ4v) is 0.802. The zero-order valence-corrected chi connectivity index (χ0v) is 5.89. The molecule has 2 rings (SSSR count). The Morgan fingerprint density at radius 2 is 2.36 bits per heavy atom. The van der Waals surface area contributed by atoms with Crippen LogP contribution in [0.2, 0.25) is 0 Å². The van der Waals surface area contributed by atoms with E-state index in [1.54, 1.807) is 11.2 Å². The first kappa shape index (κ1) is 6.25. The molecule has 0 spiro atoms. The Bertz CT molecular complexity index is 208. The lowest BCUT2D eigenvalue weighted by Gasteiger charge is -2.29. The monoisotopic (exact) mass is 153 g/mol. The lowest BCUT2D eigenvalue weighted by molar-refractivity contribution is 0.199. The Morgan fingerprint density at radius 1 is 1.45 bits per heavy atom. The molecule has 60 valence electrons. The molecule has 0 atom stereocenters. The maximum absolute atomic E-state index is 3.89. The minimum Gasteiger partial charge on any atom is -0.607 e. The minimum atomic E-state index is 0.794. The quantitative estimate of drug-likeness (QED) is 0.536. The summed E-state index contributed by atoms with van der Waals surface area (Å²) >= 11 is 0. The molecule has 11 heavy (non-hydrogen) atoms. The normalized spacial score (nSPS) is 21.7. The molecule has 0 aliphatic carbocycles. The molecule has 2 aliphatic heterocycles. The zero-order chi connectivity index (χ0) is 7.68. The van der Waals surface area contributed by atoms with Crippen LogP contribution in [0.1, 0.15) is 0 Å². The van der Waals surface area contributed by atoms with E-state index in [2.05, 4.69) is 27.0 Å². The number of hydrogen-bond donors (Lipinski definition) is 2. The van der Waals surface area contributed by atoms with E-state index in [1.165, 1.54) is 11.5 Å². The minimum absolute atomic E-state index is 0.794. The van der Waals surface area contributed by atoms with Gasteiger partial charge in [-0.15, -0.1) is 6.20 Å². The molecule has 7 heteroatoms. The molecular formula is C4H7N7-2. The van der Waals surface area contributed by atoms with E-state index >= 15 is 0 Å². The number of hydrogen-bond acceptors (Lipinski definition) is 5. The third-order valence-corrected chi connectivity index (χ3v) is 1.33. The summed E-state index contributed by atoms with van der Waals surface area (Å²) in [6.07, 6.45) is 3.07. The van der Waals surface area contributed by atoms with Gasteiger partial charge in [-0.2, -0.15) is 0 Å². The average molecular weight is 153 g/mol. The summed E-state index contributed by atoms with van der Waals surface area (Å²) in [5, 5.41) is 7.11. The molecule has 0 radical (unpaired) electrons. The van der Waals surface area contributed by atoms with Gasteiger partial charge in [0.15, 0.2) is 0 Å². The zero-order valence-electron chi connectivity index (χ0n) is 5.89. The van der Waals surface area contributed by atoms with Crippen LogP contribution < -0.4 is 11.1 Å². The van der Waals surface area contributed by atoms with E-state index in [4.69, 9.17) is 0 Å². The molecular weight excluding hydrogens is 146 g/mol. The highest BCUT2D eigenvalue weighted by Gasteiger charge is 2.07. The van der Waals surface area contributed by atoms with Crippen molar-refractivity contribution in [3.63, 3.8) is 0 Å². The molecule has 0 bridgehead atoms. The molecule has 0 saturated carbocycles. The van der Waals surface area contributed by atoms with Gasteiger partial charge in [0, 0.05) is 7.05 Å². The largest absolute Gasteiger partial charge is 0.607 e. The lowest BCUT2D eigenvalue weighted by Crippen LogP contribution is -2.35. The van der Waals surface area contributed by atoms with Crippen LogP contribution in [0.4, 0.5) is 0 Å². The van der Waals surface area contributed by atoms with Crippen molar-refractivity contribution in [1.82, 2.24) is 21.2 Å². The molecule has 0 fully saturated rings. The number of hydrazone groups is 1. The maximum Gasteiger partial charge on any atom is 0.113 e. The molecule has 0 amide bonds. The molecule has 0 aromatic rings. The third-order valence-electron chi connectivity index (χ3n) is 1.33. The van der Waals surface area contributed by atoms with Gasteiger partial charge in [-0.3, -0.25) is 5.12 Å². The number of nitrogens with one attached hydrogen (secondary N) is 2. The lowest BCUT2D eigenvalue weighted by atomic mass is 10.7. The highest BCUT2D eigenvalue weighted by molar-refractivity contribution is 5.70. The average Bonchev–Trinajstić information content (AvgIpc) is 2.55. The van der Waals surface area contributed by atoms with Gasteiger partial charge in [-0.25, -0.2) is 5.53 Å². The van der Waals surface area contributed by atoms with Gasteiger partial charge >= 0.3 is 0 Å². The van der Waals surface area contributed by atoms with Crippen molar-refractivity contribution in [1.29, 1.82) is 0 Å². The van der Waals surface area contributed by atoms with Crippen molar-refractivity contribution >= 4 is 6.34 Å². The standard InChI is InChI=1S/C4H7N7/c1-10-4(2-5-8-10)11-7-3-6-9-11/h2-3,8-9H,1H3/q-2.